The minimum atomic E-state index is -1.82. The number of rotatable bonds is 4. The minimum absolute atomic E-state index is 0.284. The van der Waals surface area contributed by atoms with Gasteiger partial charge in [0.25, 0.3) is 5.91 Å². The second kappa shape index (κ2) is 7.85. The molecular weight excluding hydrogens is 354 g/mol. The summed E-state index contributed by atoms with van der Waals surface area (Å²) in [6.07, 6.45) is -8.57. The van der Waals surface area contributed by atoms with Crippen molar-refractivity contribution in [3.05, 3.63) is 60.2 Å². The Morgan fingerprint density at radius 2 is 1.48 bits per heavy atom. The standard InChI is InChI=1S/C19H19NO7/c21-13-14(22)16(19(25)26)27-18(15(13)23)20-17(24)12-9-5-4-8-11(12)10-6-2-1-3-7-10/h1-9,13-16,18,21-23H,(H,20,24)(H,25,26)/t13-,14-,15+,16-,18+/m0/s1. The van der Waals surface area contributed by atoms with Crippen LogP contribution in [0.4, 0.5) is 0 Å². The zero-order valence-electron chi connectivity index (χ0n) is 14.1. The molecule has 27 heavy (non-hydrogen) atoms. The molecule has 1 aliphatic heterocycles. The Morgan fingerprint density at radius 1 is 0.852 bits per heavy atom. The van der Waals surface area contributed by atoms with Crippen LogP contribution in [0.15, 0.2) is 54.6 Å². The molecule has 1 aliphatic rings. The van der Waals surface area contributed by atoms with Gasteiger partial charge in [-0.05, 0) is 17.2 Å². The van der Waals surface area contributed by atoms with Crippen molar-refractivity contribution in [1.29, 1.82) is 0 Å². The number of carbonyl (C=O) groups excluding carboxylic acids is 1. The van der Waals surface area contributed by atoms with Gasteiger partial charge in [-0.2, -0.15) is 0 Å². The molecule has 0 aromatic heterocycles. The number of benzene rings is 2. The smallest absolute Gasteiger partial charge is 0.335 e. The number of hydrogen-bond donors (Lipinski definition) is 5. The highest BCUT2D eigenvalue weighted by Crippen LogP contribution is 2.25. The molecule has 1 fully saturated rings. The van der Waals surface area contributed by atoms with E-state index < -0.39 is 42.5 Å². The van der Waals surface area contributed by atoms with E-state index in [1.165, 1.54) is 0 Å². The number of aliphatic hydroxyl groups excluding tert-OH is 3. The molecular formula is C19H19NO7. The molecule has 1 amide bonds. The van der Waals surface area contributed by atoms with E-state index in [0.717, 1.165) is 5.56 Å². The van der Waals surface area contributed by atoms with E-state index in [-0.39, 0.29) is 5.56 Å². The molecule has 8 nitrogen and oxygen atoms in total. The van der Waals surface area contributed by atoms with Crippen molar-refractivity contribution < 1.29 is 34.8 Å². The lowest BCUT2D eigenvalue weighted by molar-refractivity contribution is -0.231. The Kier molecular flexibility index (Phi) is 5.52. The monoisotopic (exact) mass is 373 g/mol. The number of aliphatic hydroxyl groups is 3. The third-order valence-corrected chi connectivity index (χ3v) is 4.39. The van der Waals surface area contributed by atoms with Crippen molar-refractivity contribution in [1.82, 2.24) is 5.32 Å². The van der Waals surface area contributed by atoms with Gasteiger partial charge in [0.1, 0.15) is 18.3 Å². The summed E-state index contributed by atoms with van der Waals surface area (Å²) in [6.45, 7) is 0. The Labute approximate surface area is 154 Å². The predicted octanol–water partition coefficient (Wildman–Crippen LogP) is -0.0244. The maximum absolute atomic E-state index is 12.7. The van der Waals surface area contributed by atoms with Crippen LogP contribution >= 0.6 is 0 Å². The van der Waals surface area contributed by atoms with Gasteiger partial charge >= 0.3 is 5.97 Å². The summed E-state index contributed by atoms with van der Waals surface area (Å²) in [6, 6.07) is 15.9. The van der Waals surface area contributed by atoms with E-state index in [1.54, 1.807) is 24.3 Å². The Morgan fingerprint density at radius 3 is 2.15 bits per heavy atom. The molecule has 5 atom stereocenters. The first kappa shape index (κ1) is 19.0. The first-order valence-corrected chi connectivity index (χ1v) is 8.28. The number of amides is 1. The summed E-state index contributed by atoms with van der Waals surface area (Å²) in [5.41, 5.74) is 1.72. The van der Waals surface area contributed by atoms with Crippen molar-refractivity contribution >= 4 is 11.9 Å². The van der Waals surface area contributed by atoms with E-state index in [2.05, 4.69) is 5.32 Å². The van der Waals surface area contributed by atoms with Crippen LogP contribution in [-0.4, -0.2) is 62.9 Å². The average Bonchev–Trinajstić information content (AvgIpc) is 2.68. The van der Waals surface area contributed by atoms with Crippen molar-refractivity contribution in [2.24, 2.45) is 0 Å². The number of carboxylic acid groups (broad SMARTS) is 1. The Balaban J connectivity index is 1.85. The fourth-order valence-corrected chi connectivity index (χ4v) is 2.96. The first-order valence-electron chi connectivity index (χ1n) is 8.28. The fourth-order valence-electron chi connectivity index (χ4n) is 2.96. The average molecular weight is 373 g/mol. The first-order chi connectivity index (χ1) is 12.9. The van der Waals surface area contributed by atoms with E-state index in [1.807, 2.05) is 30.3 Å². The van der Waals surface area contributed by atoms with Crippen molar-refractivity contribution in [2.45, 2.75) is 30.6 Å². The van der Waals surface area contributed by atoms with Gasteiger partial charge in [-0.15, -0.1) is 0 Å². The van der Waals surface area contributed by atoms with E-state index in [0.29, 0.717) is 5.56 Å². The molecule has 1 saturated heterocycles. The SMILES string of the molecule is O=C(N[C@@H]1O[C@H](C(=O)O)[C@@H](O)[C@H](O)[C@H]1O)c1ccccc1-c1ccccc1. The Bertz CT molecular complexity index is 826. The third-order valence-electron chi connectivity index (χ3n) is 4.39. The van der Waals surface area contributed by atoms with Gasteiger partial charge < -0.3 is 30.5 Å². The van der Waals surface area contributed by atoms with Crippen LogP contribution in [0, 0.1) is 0 Å². The van der Waals surface area contributed by atoms with Crippen molar-refractivity contribution in [2.75, 3.05) is 0 Å². The molecule has 3 rings (SSSR count). The predicted molar refractivity (Wildman–Crippen MR) is 93.7 cm³/mol. The summed E-state index contributed by atoms with van der Waals surface area (Å²) in [5, 5.41) is 41.1. The van der Waals surface area contributed by atoms with Crippen LogP contribution in [0.2, 0.25) is 0 Å². The molecule has 0 radical (unpaired) electrons. The van der Waals surface area contributed by atoms with Crippen LogP contribution in [0.3, 0.4) is 0 Å². The molecule has 2 aromatic carbocycles. The molecule has 8 heteroatoms. The largest absolute Gasteiger partial charge is 0.479 e. The quantitative estimate of drug-likeness (QED) is 0.508. The van der Waals surface area contributed by atoms with Crippen molar-refractivity contribution in [3.63, 3.8) is 0 Å². The fraction of sp³-hybridized carbons (Fsp3) is 0.263. The molecule has 0 bridgehead atoms. The zero-order chi connectivity index (χ0) is 19.6. The number of carboxylic acids is 1. The lowest BCUT2D eigenvalue weighted by Crippen LogP contribution is -2.64. The normalized spacial score (nSPS) is 27.7. The number of nitrogens with one attached hydrogen (secondary N) is 1. The number of aliphatic carboxylic acids is 1. The van der Waals surface area contributed by atoms with E-state index in [4.69, 9.17) is 9.84 Å². The zero-order valence-corrected chi connectivity index (χ0v) is 14.1. The van der Waals surface area contributed by atoms with Crippen LogP contribution in [0.25, 0.3) is 11.1 Å². The van der Waals surface area contributed by atoms with Gasteiger partial charge in [-0.1, -0.05) is 48.5 Å². The second-order valence-corrected chi connectivity index (χ2v) is 6.17. The molecule has 5 N–H and O–H groups in total. The minimum Gasteiger partial charge on any atom is -0.479 e. The lowest BCUT2D eigenvalue weighted by Gasteiger charge is -2.39. The van der Waals surface area contributed by atoms with Gasteiger partial charge in [-0.3, -0.25) is 4.79 Å². The highest BCUT2D eigenvalue weighted by atomic mass is 16.6. The number of carbonyl (C=O) groups is 2. The summed E-state index contributed by atoms with van der Waals surface area (Å²) in [5.74, 6) is -2.14. The molecule has 0 saturated carbocycles. The summed E-state index contributed by atoms with van der Waals surface area (Å²) >= 11 is 0. The topological polar surface area (TPSA) is 136 Å². The van der Waals surface area contributed by atoms with Gasteiger partial charge in [-0.25, -0.2) is 4.79 Å². The van der Waals surface area contributed by atoms with Gasteiger partial charge in [0, 0.05) is 5.56 Å². The second-order valence-electron chi connectivity index (χ2n) is 6.17. The van der Waals surface area contributed by atoms with E-state index >= 15 is 0 Å². The van der Waals surface area contributed by atoms with Crippen LogP contribution in [0.1, 0.15) is 10.4 Å². The molecule has 0 unspecified atom stereocenters. The molecule has 0 spiro atoms. The molecule has 0 aliphatic carbocycles. The van der Waals surface area contributed by atoms with Crippen LogP contribution in [0.5, 0.6) is 0 Å². The third kappa shape index (κ3) is 3.83. The van der Waals surface area contributed by atoms with Gasteiger partial charge in [0.15, 0.2) is 12.3 Å². The summed E-state index contributed by atoms with van der Waals surface area (Å²) in [4.78, 5) is 23.9. The van der Waals surface area contributed by atoms with Gasteiger partial charge in [0.05, 0.1) is 0 Å². The van der Waals surface area contributed by atoms with Gasteiger partial charge in [0.2, 0.25) is 0 Å². The highest BCUT2D eigenvalue weighted by molar-refractivity contribution is 6.01. The number of hydrogen-bond acceptors (Lipinski definition) is 6. The summed E-state index contributed by atoms with van der Waals surface area (Å²) < 4.78 is 5.09. The maximum Gasteiger partial charge on any atom is 0.335 e. The van der Waals surface area contributed by atoms with E-state index in [9.17, 15) is 24.9 Å². The highest BCUT2D eigenvalue weighted by Gasteiger charge is 2.47. The number of ether oxygens (including phenoxy) is 1. The maximum atomic E-state index is 12.7. The summed E-state index contributed by atoms with van der Waals surface area (Å²) in [7, 11) is 0. The molecule has 2 aromatic rings. The molecule has 1 heterocycles. The van der Waals surface area contributed by atoms with Crippen LogP contribution in [-0.2, 0) is 9.53 Å². The Hall–Kier alpha value is -2.78. The molecule has 142 valence electrons. The van der Waals surface area contributed by atoms with Crippen LogP contribution < -0.4 is 5.32 Å². The van der Waals surface area contributed by atoms with Crippen molar-refractivity contribution in [3.8, 4) is 11.1 Å². The lowest BCUT2D eigenvalue weighted by atomic mass is 9.97.